The van der Waals surface area contributed by atoms with E-state index in [0.717, 1.165) is 5.56 Å². The lowest BCUT2D eigenvalue weighted by molar-refractivity contribution is -0.143. The lowest BCUT2D eigenvalue weighted by Crippen LogP contribution is -2.47. The SMILES string of the molecule is CC(C(=O)NO)N1CCC(C)(c2ccc(Oc3cccc(/C=N/O)c3)cc2)C1=O. The fraction of sp³-hybridized carbons (Fsp3) is 0.286. The Morgan fingerprint density at radius 1 is 1.28 bits per heavy atom. The molecule has 0 radical (unpaired) electrons. The molecule has 152 valence electrons. The lowest BCUT2D eigenvalue weighted by atomic mass is 9.81. The molecule has 0 spiro atoms. The molecule has 3 rings (SSSR count). The average molecular weight is 397 g/mol. The zero-order valence-corrected chi connectivity index (χ0v) is 16.2. The third-order valence-electron chi connectivity index (χ3n) is 5.33. The number of carbonyl (C=O) groups excluding carboxylic acids is 2. The number of hydrogen-bond acceptors (Lipinski definition) is 6. The number of nitrogens with one attached hydrogen (secondary N) is 1. The van der Waals surface area contributed by atoms with Crippen LogP contribution in [0.5, 0.6) is 11.5 Å². The molecule has 0 aromatic heterocycles. The largest absolute Gasteiger partial charge is 0.457 e. The van der Waals surface area contributed by atoms with Gasteiger partial charge in [0.25, 0.3) is 5.91 Å². The van der Waals surface area contributed by atoms with Crippen LogP contribution in [-0.4, -0.2) is 45.9 Å². The smallest absolute Gasteiger partial charge is 0.265 e. The first-order valence-electron chi connectivity index (χ1n) is 9.20. The van der Waals surface area contributed by atoms with Gasteiger partial charge < -0.3 is 14.8 Å². The molecule has 1 aliphatic rings. The molecule has 29 heavy (non-hydrogen) atoms. The van der Waals surface area contributed by atoms with Gasteiger partial charge in [-0.25, -0.2) is 5.48 Å². The van der Waals surface area contributed by atoms with Crippen LogP contribution in [-0.2, 0) is 15.0 Å². The highest BCUT2D eigenvalue weighted by Gasteiger charge is 2.46. The number of hydroxylamine groups is 1. The highest BCUT2D eigenvalue weighted by atomic mass is 16.5. The topological polar surface area (TPSA) is 111 Å². The summed E-state index contributed by atoms with van der Waals surface area (Å²) in [7, 11) is 0. The summed E-state index contributed by atoms with van der Waals surface area (Å²) in [6.45, 7) is 3.87. The highest BCUT2D eigenvalue weighted by molar-refractivity contribution is 5.94. The van der Waals surface area contributed by atoms with E-state index in [4.69, 9.17) is 15.2 Å². The number of nitrogens with zero attached hydrogens (tertiary/aromatic N) is 2. The Balaban J connectivity index is 1.75. The summed E-state index contributed by atoms with van der Waals surface area (Å²) >= 11 is 0. The van der Waals surface area contributed by atoms with E-state index in [1.807, 2.05) is 19.1 Å². The standard InChI is InChI=1S/C21H23N3O5/c1-14(19(25)23-28)24-11-10-21(2,20(24)26)16-6-8-17(9-7-16)29-18-5-3-4-15(12-18)13-22-27/h3-9,12-14,27-28H,10-11H2,1-2H3,(H,23,25)/b22-13+. The molecular weight excluding hydrogens is 374 g/mol. The van der Waals surface area contributed by atoms with E-state index < -0.39 is 17.4 Å². The van der Waals surface area contributed by atoms with Crippen LogP contribution in [0.4, 0.5) is 0 Å². The molecule has 8 heteroatoms. The molecule has 8 nitrogen and oxygen atoms in total. The predicted molar refractivity (Wildman–Crippen MR) is 105 cm³/mol. The molecule has 2 atom stereocenters. The zero-order valence-electron chi connectivity index (χ0n) is 16.2. The Morgan fingerprint density at radius 2 is 2.00 bits per heavy atom. The summed E-state index contributed by atoms with van der Waals surface area (Å²) in [5.74, 6) is 0.428. The maximum absolute atomic E-state index is 13.0. The second kappa shape index (κ2) is 8.32. The van der Waals surface area contributed by atoms with Crippen molar-refractivity contribution in [2.75, 3.05) is 6.54 Å². The Kier molecular flexibility index (Phi) is 5.84. The number of benzene rings is 2. The summed E-state index contributed by atoms with van der Waals surface area (Å²) < 4.78 is 5.83. The van der Waals surface area contributed by atoms with Crippen molar-refractivity contribution in [2.24, 2.45) is 5.16 Å². The first-order chi connectivity index (χ1) is 13.9. The number of ether oxygens (including phenoxy) is 1. The molecular formula is C21H23N3O5. The molecule has 1 heterocycles. The fourth-order valence-corrected chi connectivity index (χ4v) is 3.49. The Bertz CT molecular complexity index is 928. The van der Waals surface area contributed by atoms with E-state index in [1.165, 1.54) is 11.1 Å². The van der Waals surface area contributed by atoms with Crippen LogP contribution >= 0.6 is 0 Å². The van der Waals surface area contributed by atoms with Gasteiger partial charge in [-0.3, -0.25) is 14.8 Å². The Morgan fingerprint density at radius 3 is 2.66 bits per heavy atom. The van der Waals surface area contributed by atoms with Crippen LogP contribution in [0.2, 0.25) is 0 Å². The van der Waals surface area contributed by atoms with Crippen LogP contribution in [0.3, 0.4) is 0 Å². The third kappa shape index (κ3) is 4.07. The molecule has 0 bridgehead atoms. The lowest BCUT2D eigenvalue weighted by Gasteiger charge is -2.27. The number of oxime groups is 1. The first-order valence-corrected chi connectivity index (χ1v) is 9.20. The Labute approximate surface area is 168 Å². The molecule has 2 amide bonds. The van der Waals surface area contributed by atoms with Crippen molar-refractivity contribution in [2.45, 2.75) is 31.7 Å². The molecule has 1 fully saturated rings. The summed E-state index contributed by atoms with van der Waals surface area (Å²) in [6.07, 6.45) is 1.88. The van der Waals surface area contributed by atoms with E-state index >= 15 is 0 Å². The summed E-state index contributed by atoms with van der Waals surface area (Å²) in [6, 6.07) is 13.6. The highest BCUT2D eigenvalue weighted by Crippen LogP contribution is 2.37. The normalized spacial score (nSPS) is 20.1. The van der Waals surface area contributed by atoms with Gasteiger partial charge in [-0.1, -0.05) is 29.4 Å². The maximum Gasteiger partial charge on any atom is 0.265 e. The minimum Gasteiger partial charge on any atom is -0.457 e. The number of amides is 2. The molecule has 1 saturated heterocycles. The van der Waals surface area contributed by atoms with Crippen molar-refractivity contribution < 1.29 is 24.7 Å². The quantitative estimate of drug-likeness (QED) is 0.300. The monoisotopic (exact) mass is 397 g/mol. The van der Waals surface area contributed by atoms with Gasteiger partial charge in [0.1, 0.15) is 17.5 Å². The van der Waals surface area contributed by atoms with Crippen molar-refractivity contribution in [3.63, 3.8) is 0 Å². The molecule has 0 saturated carbocycles. The number of carbonyl (C=O) groups is 2. The van der Waals surface area contributed by atoms with Crippen molar-refractivity contribution in [1.82, 2.24) is 10.4 Å². The molecule has 1 aliphatic heterocycles. The summed E-state index contributed by atoms with van der Waals surface area (Å²) in [5, 5.41) is 20.5. The zero-order chi connectivity index (χ0) is 21.0. The van der Waals surface area contributed by atoms with Gasteiger partial charge in [-0.05, 0) is 55.7 Å². The van der Waals surface area contributed by atoms with Gasteiger partial charge >= 0.3 is 0 Å². The van der Waals surface area contributed by atoms with Crippen LogP contribution in [0.1, 0.15) is 31.4 Å². The fourth-order valence-electron chi connectivity index (χ4n) is 3.49. The molecule has 2 unspecified atom stereocenters. The van der Waals surface area contributed by atoms with Crippen molar-refractivity contribution in [3.8, 4) is 11.5 Å². The van der Waals surface area contributed by atoms with Gasteiger partial charge in [0.15, 0.2) is 0 Å². The van der Waals surface area contributed by atoms with E-state index in [9.17, 15) is 9.59 Å². The number of likely N-dealkylation sites (tertiary alicyclic amines) is 1. The van der Waals surface area contributed by atoms with Crippen molar-refractivity contribution in [3.05, 3.63) is 59.7 Å². The van der Waals surface area contributed by atoms with Crippen LogP contribution in [0.25, 0.3) is 0 Å². The van der Waals surface area contributed by atoms with E-state index in [0.29, 0.717) is 30.0 Å². The number of rotatable bonds is 6. The molecule has 0 aliphatic carbocycles. The summed E-state index contributed by atoms with van der Waals surface area (Å²) in [4.78, 5) is 26.1. The van der Waals surface area contributed by atoms with Crippen LogP contribution < -0.4 is 10.2 Å². The number of hydrogen-bond donors (Lipinski definition) is 3. The van der Waals surface area contributed by atoms with Crippen LogP contribution in [0.15, 0.2) is 53.7 Å². The predicted octanol–water partition coefficient (Wildman–Crippen LogP) is 2.67. The van der Waals surface area contributed by atoms with Crippen molar-refractivity contribution >= 4 is 18.0 Å². The van der Waals surface area contributed by atoms with Gasteiger partial charge in [0.05, 0.1) is 11.6 Å². The minimum atomic E-state index is -0.750. The molecule has 2 aromatic carbocycles. The van der Waals surface area contributed by atoms with E-state index in [-0.39, 0.29) is 5.91 Å². The van der Waals surface area contributed by atoms with Crippen molar-refractivity contribution in [1.29, 1.82) is 0 Å². The van der Waals surface area contributed by atoms with Gasteiger partial charge in [0, 0.05) is 6.54 Å². The van der Waals surface area contributed by atoms with E-state index in [1.54, 1.807) is 48.8 Å². The first kappa shape index (κ1) is 20.3. The van der Waals surface area contributed by atoms with E-state index in [2.05, 4.69) is 5.16 Å². The second-order valence-electron chi connectivity index (χ2n) is 7.18. The second-order valence-corrected chi connectivity index (χ2v) is 7.18. The Hall–Kier alpha value is -3.39. The van der Waals surface area contributed by atoms with Crippen LogP contribution in [0, 0.1) is 0 Å². The summed E-state index contributed by atoms with van der Waals surface area (Å²) in [5.41, 5.74) is 2.38. The average Bonchev–Trinajstić information content (AvgIpc) is 3.03. The third-order valence-corrected chi connectivity index (χ3v) is 5.33. The van der Waals surface area contributed by atoms with Gasteiger partial charge in [-0.15, -0.1) is 0 Å². The molecule has 2 aromatic rings. The molecule has 3 N–H and O–H groups in total. The minimum absolute atomic E-state index is 0.154. The maximum atomic E-state index is 13.0. The van der Waals surface area contributed by atoms with Gasteiger partial charge in [-0.2, -0.15) is 0 Å². The van der Waals surface area contributed by atoms with Gasteiger partial charge in [0.2, 0.25) is 5.91 Å².